The average molecular weight is 304 g/mol. The second-order valence-electron chi connectivity index (χ2n) is 6.49. The summed E-state index contributed by atoms with van der Waals surface area (Å²) in [5.74, 6) is -3.06. The van der Waals surface area contributed by atoms with Crippen LogP contribution in [0.4, 0.5) is 10.1 Å². The lowest BCUT2D eigenvalue weighted by Crippen LogP contribution is -2.52. The van der Waals surface area contributed by atoms with Gasteiger partial charge in [-0.15, -0.1) is 0 Å². The Bertz CT molecular complexity index is 608. The lowest BCUT2D eigenvalue weighted by atomic mass is 9.58. The molecular formula is C17H19FNO3-. The molecule has 4 nitrogen and oxygen atoms in total. The van der Waals surface area contributed by atoms with Crippen molar-refractivity contribution < 1.29 is 19.1 Å². The number of amides is 1. The Balaban J connectivity index is 1.84. The molecule has 22 heavy (non-hydrogen) atoms. The van der Waals surface area contributed by atoms with Crippen molar-refractivity contribution in [3.8, 4) is 0 Å². The quantitative estimate of drug-likeness (QED) is 0.927. The summed E-state index contributed by atoms with van der Waals surface area (Å²) in [5, 5.41) is 14.2. The molecule has 0 spiro atoms. The van der Waals surface area contributed by atoms with Crippen LogP contribution in [0.1, 0.15) is 31.2 Å². The molecule has 0 radical (unpaired) electrons. The molecule has 3 saturated carbocycles. The number of benzene rings is 1. The smallest absolute Gasteiger partial charge is 0.228 e. The minimum Gasteiger partial charge on any atom is -0.550 e. The fourth-order valence-electron chi connectivity index (χ4n) is 4.11. The second-order valence-corrected chi connectivity index (χ2v) is 6.49. The van der Waals surface area contributed by atoms with Crippen molar-refractivity contribution in [1.29, 1.82) is 0 Å². The molecule has 1 aromatic carbocycles. The fraction of sp³-hybridized carbons (Fsp3) is 0.529. The Labute approximate surface area is 128 Å². The van der Waals surface area contributed by atoms with E-state index < -0.39 is 23.6 Å². The molecule has 0 unspecified atom stereocenters. The van der Waals surface area contributed by atoms with E-state index >= 15 is 0 Å². The molecular weight excluding hydrogens is 285 g/mol. The molecule has 1 N–H and O–H groups in total. The normalized spacial score (nSPS) is 30.1. The Morgan fingerprint density at radius 1 is 1.14 bits per heavy atom. The van der Waals surface area contributed by atoms with Crippen LogP contribution in [0.15, 0.2) is 18.2 Å². The van der Waals surface area contributed by atoms with Crippen molar-refractivity contribution in [3.05, 3.63) is 29.6 Å². The number of rotatable bonds is 3. The zero-order chi connectivity index (χ0) is 15.9. The monoisotopic (exact) mass is 304 g/mol. The van der Waals surface area contributed by atoms with Gasteiger partial charge in [-0.25, -0.2) is 4.39 Å². The third kappa shape index (κ3) is 2.60. The molecule has 2 atom stereocenters. The summed E-state index contributed by atoms with van der Waals surface area (Å²) >= 11 is 0. The van der Waals surface area contributed by atoms with E-state index in [1.165, 1.54) is 12.1 Å². The maximum absolute atomic E-state index is 13.3. The molecule has 0 aliphatic heterocycles. The average Bonchev–Trinajstić information content (AvgIpc) is 2.51. The zero-order valence-corrected chi connectivity index (χ0v) is 12.5. The van der Waals surface area contributed by atoms with Crippen molar-refractivity contribution in [1.82, 2.24) is 0 Å². The molecule has 118 valence electrons. The van der Waals surface area contributed by atoms with E-state index in [2.05, 4.69) is 5.32 Å². The van der Waals surface area contributed by atoms with Gasteiger partial charge < -0.3 is 15.2 Å². The standard InChI is InChI=1S/C17H20FNO3/c1-9-2-7-12(18)8-13(9)19-16(20)14-10-3-5-11(6-4-10)15(14)17(21)22/h2,7-8,10-11,14-15H,3-6H2,1H3,(H,19,20)(H,21,22)/p-1/t10?,11?,14-,15-/m1/s1. The molecule has 0 saturated heterocycles. The van der Waals surface area contributed by atoms with Gasteiger partial charge in [-0.3, -0.25) is 4.79 Å². The van der Waals surface area contributed by atoms with E-state index in [0.717, 1.165) is 31.2 Å². The molecule has 1 aromatic rings. The predicted molar refractivity (Wildman–Crippen MR) is 77.2 cm³/mol. The third-order valence-corrected chi connectivity index (χ3v) is 5.25. The van der Waals surface area contributed by atoms with Gasteiger partial charge in [0.25, 0.3) is 0 Å². The summed E-state index contributed by atoms with van der Waals surface area (Å²) in [4.78, 5) is 24.1. The molecule has 2 bridgehead atoms. The Morgan fingerprint density at radius 3 is 2.32 bits per heavy atom. The number of fused-ring (bicyclic) bond motifs is 3. The van der Waals surface area contributed by atoms with E-state index in [1.54, 1.807) is 13.0 Å². The largest absolute Gasteiger partial charge is 0.550 e. The molecule has 3 aliphatic carbocycles. The van der Waals surface area contributed by atoms with Crippen molar-refractivity contribution in [2.24, 2.45) is 23.7 Å². The number of carboxylic acid groups (broad SMARTS) is 1. The molecule has 5 heteroatoms. The zero-order valence-electron chi connectivity index (χ0n) is 12.5. The van der Waals surface area contributed by atoms with Crippen LogP contribution in [0.2, 0.25) is 0 Å². The van der Waals surface area contributed by atoms with Gasteiger partial charge in [-0.2, -0.15) is 0 Å². The number of aryl methyl sites for hydroxylation is 1. The summed E-state index contributed by atoms with van der Waals surface area (Å²) < 4.78 is 13.3. The first-order valence-electron chi connectivity index (χ1n) is 7.75. The van der Waals surface area contributed by atoms with Crippen LogP contribution in [0.3, 0.4) is 0 Å². The van der Waals surface area contributed by atoms with Crippen LogP contribution in [-0.2, 0) is 9.59 Å². The number of nitrogens with one attached hydrogen (secondary N) is 1. The highest BCUT2D eigenvalue weighted by atomic mass is 19.1. The number of halogens is 1. The van der Waals surface area contributed by atoms with Gasteiger partial charge in [0, 0.05) is 23.5 Å². The molecule has 3 fully saturated rings. The number of hydrogen-bond acceptors (Lipinski definition) is 3. The second kappa shape index (κ2) is 5.71. The van der Waals surface area contributed by atoms with Gasteiger partial charge in [0.05, 0.1) is 0 Å². The van der Waals surface area contributed by atoms with Crippen LogP contribution in [-0.4, -0.2) is 11.9 Å². The summed E-state index contributed by atoms with van der Waals surface area (Å²) in [6, 6.07) is 4.19. The summed E-state index contributed by atoms with van der Waals surface area (Å²) in [6.45, 7) is 1.78. The number of carboxylic acids is 1. The first kappa shape index (κ1) is 15.0. The van der Waals surface area contributed by atoms with Gasteiger partial charge in [0.15, 0.2) is 0 Å². The van der Waals surface area contributed by atoms with Crippen molar-refractivity contribution >= 4 is 17.6 Å². The minimum absolute atomic E-state index is 0.0272. The maximum Gasteiger partial charge on any atom is 0.228 e. The number of anilines is 1. The molecule has 0 aromatic heterocycles. The van der Waals surface area contributed by atoms with Crippen molar-refractivity contribution in [3.63, 3.8) is 0 Å². The number of carbonyl (C=O) groups excluding carboxylic acids is 2. The van der Waals surface area contributed by atoms with E-state index in [-0.39, 0.29) is 17.7 Å². The Kier molecular flexibility index (Phi) is 3.89. The summed E-state index contributed by atoms with van der Waals surface area (Å²) in [5.41, 5.74) is 1.16. The van der Waals surface area contributed by atoms with E-state index in [1.807, 2.05) is 0 Å². The predicted octanol–water partition coefficient (Wildman–Crippen LogP) is 1.87. The van der Waals surface area contributed by atoms with Crippen LogP contribution in [0.5, 0.6) is 0 Å². The van der Waals surface area contributed by atoms with Gasteiger partial charge in [0.1, 0.15) is 5.82 Å². The number of aliphatic carboxylic acids is 1. The summed E-state index contributed by atoms with van der Waals surface area (Å²) in [7, 11) is 0. The van der Waals surface area contributed by atoms with Crippen LogP contribution < -0.4 is 10.4 Å². The van der Waals surface area contributed by atoms with Gasteiger partial charge in [-0.1, -0.05) is 6.07 Å². The lowest BCUT2D eigenvalue weighted by Gasteiger charge is -2.48. The Hall–Kier alpha value is -1.91. The Morgan fingerprint density at radius 2 is 1.73 bits per heavy atom. The van der Waals surface area contributed by atoms with Crippen molar-refractivity contribution in [2.45, 2.75) is 32.6 Å². The van der Waals surface area contributed by atoms with Crippen molar-refractivity contribution in [2.75, 3.05) is 5.32 Å². The molecule has 1 amide bonds. The van der Waals surface area contributed by atoms with E-state index in [4.69, 9.17) is 0 Å². The topological polar surface area (TPSA) is 69.2 Å². The van der Waals surface area contributed by atoms with Crippen LogP contribution in [0.25, 0.3) is 0 Å². The number of hydrogen-bond donors (Lipinski definition) is 1. The highest BCUT2D eigenvalue weighted by molar-refractivity contribution is 5.96. The summed E-state index contributed by atoms with van der Waals surface area (Å²) in [6.07, 6.45) is 3.47. The molecule has 4 rings (SSSR count). The highest BCUT2D eigenvalue weighted by Crippen LogP contribution is 2.49. The van der Waals surface area contributed by atoms with E-state index in [0.29, 0.717) is 5.69 Å². The minimum atomic E-state index is -1.13. The maximum atomic E-state index is 13.3. The van der Waals surface area contributed by atoms with Gasteiger partial charge in [-0.05, 0) is 62.1 Å². The molecule has 0 heterocycles. The molecule has 3 aliphatic rings. The van der Waals surface area contributed by atoms with Gasteiger partial charge >= 0.3 is 0 Å². The first-order valence-corrected chi connectivity index (χ1v) is 7.75. The van der Waals surface area contributed by atoms with Gasteiger partial charge in [0.2, 0.25) is 5.91 Å². The lowest BCUT2D eigenvalue weighted by molar-refractivity contribution is -0.318. The number of carbonyl (C=O) groups is 2. The van der Waals surface area contributed by atoms with Crippen LogP contribution in [0, 0.1) is 36.4 Å². The first-order chi connectivity index (χ1) is 10.5. The van der Waals surface area contributed by atoms with Crippen LogP contribution >= 0.6 is 0 Å². The SMILES string of the molecule is Cc1ccc(F)cc1NC(=O)[C@@H]1C2CCC(CC2)[C@H]1C(=O)[O-]. The van der Waals surface area contributed by atoms with E-state index in [9.17, 15) is 19.1 Å². The highest BCUT2D eigenvalue weighted by Gasteiger charge is 2.47. The fourth-order valence-corrected chi connectivity index (χ4v) is 4.11. The third-order valence-electron chi connectivity index (χ3n) is 5.25.